The Morgan fingerprint density at radius 2 is 1.27 bits per heavy atom. The fourth-order valence-corrected chi connectivity index (χ4v) is 8.07. The molecule has 0 aliphatic carbocycles. The van der Waals surface area contributed by atoms with Crippen molar-refractivity contribution in [1.29, 1.82) is 0 Å². The molecule has 0 N–H and O–H groups in total. The van der Waals surface area contributed by atoms with E-state index >= 15 is 0 Å². The number of benzene rings is 1. The van der Waals surface area contributed by atoms with E-state index < -0.39 is 8.80 Å². The number of hydrogen-bond acceptors (Lipinski definition) is 0. The Morgan fingerprint density at radius 1 is 0.867 bits per heavy atom. The van der Waals surface area contributed by atoms with E-state index in [1.807, 2.05) is 12.1 Å². The Morgan fingerprint density at radius 3 is 1.60 bits per heavy atom. The van der Waals surface area contributed by atoms with Crippen molar-refractivity contribution in [2.45, 2.75) is 51.6 Å². The van der Waals surface area contributed by atoms with Crippen molar-refractivity contribution in [3.05, 3.63) is 30.3 Å². The summed E-state index contributed by atoms with van der Waals surface area (Å²) >= 11 is 0. The summed E-state index contributed by atoms with van der Waals surface area (Å²) in [6.07, 6.45) is 0. The summed E-state index contributed by atoms with van der Waals surface area (Å²) in [7, 11) is -0.989. The fraction of sp³-hybridized carbons (Fsp3) is 0.571. The van der Waals surface area contributed by atoms with Crippen LogP contribution in [0, 0.1) is 6.07 Å². The lowest BCUT2D eigenvalue weighted by molar-refractivity contribution is 0.653. The minimum Gasteiger partial charge on any atom is -0.0627 e. The van der Waals surface area contributed by atoms with Gasteiger partial charge in [-0.15, -0.1) is 0 Å². The average molecular weight is 219 g/mol. The Bertz CT molecular complexity index is 286. The minimum absolute atomic E-state index is 0.430. The second kappa shape index (κ2) is 4.13. The van der Waals surface area contributed by atoms with Crippen molar-refractivity contribution < 1.29 is 0 Å². The molecule has 0 aliphatic rings. The van der Waals surface area contributed by atoms with Gasteiger partial charge in [-0.2, -0.15) is 0 Å². The third-order valence-electron chi connectivity index (χ3n) is 2.81. The van der Waals surface area contributed by atoms with Crippen molar-refractivity contribution in [3.63, 3.8) is 0 Å². The first-order valence-electron chi connectivity index (χ1n) is 5.69. The van der Waals surface area contributed by atoms with Crippen LogP contribution in [0.2, 0.25) is 10.1 Å². The smallest absolute Gasteiger partial charge is 0.0627 e. The van der Waals surface area contributed by atoms with E-state index in [1.54, 1.807) is 5.19 Å². The second-order valence-corrected chi connectivity index (χ2v) is 11.5. The highest BCUT2D eigenvalue weighted by atomic mass is 28.3. The van der Waals surface area contributed by atoms with Gasteiger partial charge < -0.3 is 0 Å². The summed E-state index contributed by atoms with van der Waals surface area (Å²) in [5.41, 5.74) is 0. The molecule has 0 atom stereocenters. The Balaban J connectivity index is 3.15. The van der Waals surface area contributed by atoms with Gasteiger partial charge in [0.25, 0.3) is 0 Å². The molecule has 1 heteroatoms. The quantitative estimate of drug-likeness (QED) is 0.634. The second-order valence-electron chi connectivity index (χ2n) is 6.50. The molecule has 1 aromatic carbocycles. The summed E-state index contributed by atoms with van der Waals surface area (Å²) < 4.78 is 0. The molecule has 1 radical (unpaired) electrons. The van der Waals surface area contributed by atoms with Crippen LogP contribution in [0.5, 0.6) is 0 Å². The molecule has 0 bridgehead atoms. The normalized spacial score (nSPS) is 13.3. The van der Waals surface area contributed by atoms with Gasteiger partial charge in [-0.1, -0.05) is 71.0 Å². The van der Waals surface area contributed by atoms with Crippen LogP contribution in [0.4, 0.5) is 0 Å². The van der Waals surface area contributed by atoms with Gasteiger partial charge in [0.1, 0.15) is 0 Å². The maximum Gasteiger partial charge on any atom is 0.0814 e. The lowest BCUT2D eigenvalue weighted by atomic mass is 10.2. The van der Waals surface area contributed by atoms with E-state index in [4.69, 9.17) is 0 Å². The molecule has 0 spiro atoms. The van der Waals surface area contributed by atoms with Crippen LogP contribution in [-0.2, 0) is 0 Å². The van der Waals surface area contributed by atoms with E-state index in [0.29, 0.717) is 10.1 Å². The van der Waals surface area contributed by atoms with Crippen molar-refractivity contribution in [2.24, 2.45) is 0 Å². The van der Waals surface area contributed by atoms with E-state index in [9.17, 15) is 0 Å². The van der Waals surface area contributed by atoms with Gasteiger partial charge in [-0.05, 0) is 16.1 Å². The zero-order chi connectivity index (χ0) is 11.7. The van der Waals surface area contributed by atoms with E-state index in [-0.39, 0.29) is 0 Å². The molecule has 0 unspecified atom stereocenters. The van der Waals surface area contributed by atoms with Gasteiger partial charge in [-0.3, -0.25) is 0 Å². The molecule has 0 saturated heterocycles. The molecular weight excluding hydrogens is 196 g/mol. The molecular formula is C14H23Si. The third-order valence-corrected chi connectivity index (χ3v) is 7.33. The van der Waals surface area contributed by atoms with E-state index in [1.165, 1.54) is 0 Å². The highest BCUT2D eigenvalue weighted by molar-refractivity contribution is 6.78. The Kier molecular flexibility index (Phi) is 3.44. The zero-order valence-electron chi connectivity index (χ0n) is 10.9. The summed E-state index contributed by atoms with van der Waals surface area (Å²) in [6.45, 7) is 14.3. The fourth-order valence-electron chi connectivity index (χ4n) is 2.89. The standard InChI is InChI=1S/C14H23Si/c1-13(2,3)15(14(4,5)6)12-10-8-7-9-11-12/h8-11,15H,1-6H3. The van der Waals surface area contributed by atoms with Crippen LogP contribution >= 0.6 is 0 Å². The summed E-state index contributed by atoms with van der Waals surface area (Å²) in [5, 5.41) is 2.42. The highest BCUT2D eigenvalue weighted by Gasteiger charge is 2.37. The first-order valence-corrected chi connectivity index (χ1v) is 7.42. The van der Waals surface area contributed by atoms with Gasteiger partial charge >= 0.3 is 0 Å². The summed E-state index contributed by atoms with van der Waals surface area (Å²) in [4.78, 5) is 0. The molecule has 0 heterocycles. The molecule has 0 saturated carbocycles. The Labute approximate surface area is 96.3 Å². The molecule has 0 aliphatic heterocycles. The average Bonchev–Trinajstić information content (AvgIpc) is 2.00. The molecule has 0 fully saturated rings. The monoisotopic (exact) mass is 219 g/mol. The predicted molar refractivity (Wildman–Crippen MR) is 71.5 cm³/mol. The molecule has 0 aromatic heterocycles. The van der Waals surface area contributed by atoms with Gasteiger partial charge in [0.2, 0.25) is 0 Å². The Hall–Kier alpha value is -0.563. The van der Waals surface area contributed by atoms with Crippen LogP contribution < -0.4 is 5.19 Å². The molecule has 0 nitrogen and oxygen atoms in total. The van der Waals surface area contributed by atoms with Crippen LogP contribution in [0.3, 0.4) is 0 Å². The third kappa shape index (κ3) is 3.20. The lowest BCUT2D eigenvalue weighted by Gasteiger charge is -2.39. The molecule has 83 valence electrons. The lowest BCUT2D eigenvalue weighted by Crippen LogP contribution is -2.45. The largest absolute Gasteiger partial charge is 0.0814 e. The molecule has 1 aromatic rings. The predicted octanol–water partition coefficient (Wildman–Crippen LogP) is 3.52. The summed E-state index contributed by atoms with van der Waals surface area (Å²) in [5.74, 6) is 0. The topological polar surface area (TPSA) is 0 Å². The number of rotatable bonds is 1. The van der Waals surface area contributed by atoms with E-state index in [0.717, 1.165) is 0 Å². The van der Waals surface area contributed by atoms with Crippen LogP contribution in [0.15, 0.2) is 24.3 Å². The van der Waals surface area contributed by atoms with Crippen molar-refractivity contribution in [3.8, 4) is 0 Å². The molecule has 1 rings (SSSR count). The molecule has 15 heavy (non-hydrogen) atoms. The summed E-state index contributed by atoms with van der Waals surface area (Å²) in [6, 6.07) is 11.7. The molecule has 0 amide bonds. The maximum absolute atomic E-state index is 3.11. The van der Waals surface area contributed by atoms with Crippen molar-refractivity contribution >= 4 is 14.0 Å². The van der Waals surface area contributed by atoms with Crippen molar-refractivity contribution in [1.82, 2.24) is 0 Å². The van der Waals surface area contributed by atoms with Gasteiger partial charge in [-0.25, -0.2) is 0 Å². The minimum atomic E-state index is -0.989. The van der Waals surface area contributed by atoms with Crippen molar-refractivity contribution in [2.75, 3.05) is 0 Å². The van der Waals surface area contributed by atoms with Gasteiger partial charge in [0.15, 0.2) is 0 Å². The van der Waals surface area contributed by atoms with Gasteiger partial charge in [0.05, 0.1) is 8.80 Å². The van der Waals surface area contributed by atoms with E-state index in [2.05, 4.69) is 59.7 Å². The number of hydrogen-bond donors (Lipinski definition) is 0. The SMILES string of the molecule is CC(C)(C)[SiH](c1cc[c]cc1)C(C)(C)C. The first kappa shape index (κ1) is 12.5. The zero-order valence-corrected chi connectivity index (χ0v) is 12.0. The van der Waals surface area contributed by atoms with Crippen LogP contribution in [0.1, 0.15) is 41.5 Å². The maximum atomic E-state index is 3.11. The van der Waals surface area contributed by atoms with Crippen LogP contribution in [0.25, 0.3) is 0 Å². The first-order chi connectivity index (χ1) is 6.73. The van der Waals surface area contributed by atoms with Crippen LogP contribution in [-0.4, -0.2) is 8.80 Å². The van der Waals surface area contributed by atoms with Gasteiger partial charge in [0, 0.05) is 0 Å². The highest BCUT2D eigenvalue weighted by Crippen LogP contribution is 2.41.